The number of amides is 1. The average molecular weight is 459 g/mol. The maximum Gasteiger partial charge on any atom is 0.288 e. The van der Waals surface area contributed by atoms with Crippen molar-refractivity contribution in [3.8, 4) is 5.75 Å². The van der Waals surface area contributed by atoms with Crippen LogP contribution in [0.3, 0.4) is 0 Å². The number of carbonyl (C=O) groups is 1. The first-order valence-corrected chi connectivity index (χ1v) is 11.3. The number of rotatable bonds is 7. The maximum atomic E-state index is 12.9. The Balaban J connectivity index is 1.83. The van der Waals surface area contributed by atoms with Crippen LogP contribution in [0.2, 0.25) is 0 Å². The van der Waals surface area contributed by atoms with Crippen molar-refractivity contribution in [3.63, 3.8) is 0 Å². The van der Waals surface area contributed by atoms with E-state index < -0.39 is 21.7 Å². The molecular formula is C19H20F2N2O5S2. The molecule has 1 aliphatic heterocycles. The molecule has 2 aromatic rings. The largest absolute Gasteiger partial charge is 0.496 e. The smallest absolute Gasteiger partial charge is 0.288 e. The molecule has 1 amide bonds. The number of morpholine rings is 1. The topological polar surface area (TPSA) is 84.9 Å². The van der Waals surface area contributed by atoms with Crippen molar-refractivity contribution < 1.29 is 31.5 Å². The Hall–Kier alpha value is -2.21. The third kappa shape index (κ3) is 5.28. The molecule has 0 radical (unpaired) electrons. The van der Waals surface area contributed by atoms with Crippen LogP contribution in [-0.4, -0.2) is 57.8 Å². The molecule has 1 aliphatic rings. The van der Waals surface area contributed by atoms with Crippen molar-refractivity contribution in [1.29, 1.82) is 0 Å². The van der Waals surface area contributed by atoms with E-state index >= 15 is 0 Å². The van der Waals surface area contributed by atoms with Crippen LogP contribution < -0.4 is 10.1 Å². The molecule has 0 saturated carbocycles. The molecule has 2 aromatic carbocycles. The minimum Gasteiger partial charge on any atom is -0.496 e. The summed E-state index contributed by atoms with van der Waals surface area (Å²) in [6, 6.07) is 9.97. The predicted octanol–water partition coefficient (Wildman–Crippen LogP) is 3.28. The number of nitrogens with one attached hydrogen (secondary N) is 1. The van der Waals surface area contributed by atoms with Gasteiger partial charge in [-0.2, -0.15) is 13.1 Å². The van der Waals surface area contributed by atoms with Crippen LogP contribution in [0.25, 0.3) is 0 Å². The first-order chi connectivity index (χ1) is 14.3. The molecule has 11 heteroatoms. The van der Waals surface area contributed by atoms with Gasteiger partial charge >= 0.3 is 0 Å². The van der Waals surface area contributed by atoms with Crippen LogP contribution in [0.1, 0.15) is 10.4 Å². The Bertz CT molecular complexity index is 994. The molecule has 1 heterocycles. The summed E-state index contributed by atoms with van der Waals surface area (Å²) in [5.74, 6) is -2.91. The highest BCUT2D eigenvalue weighted by molar-refractivity contribution is 7.99. The van der Waals surface area contributed by atoms with Gasteiger partial charge in [-0.1, -0.05) is 11.8 Å². The van der Waals surface area contributed by atoms with Gasteiger partial charge in [0.1, 0.15) is 5.75 Å². The van der Waals surface area contributed by atoms with Crippen molar-refractivity contribution in [3.05, 3.63) is 48.0 Å². The molecule has 0 bridgehead atoms. The molecule has 0 unspecified atom stereocenters. The fourth-order valence-corrected chi connectivity index (χ4v) is 4.81. The number of methoxy groups -OCH3 is 1. The normalized spacial score (nSPS) is 15.2. The first-order valence-electron chi connectivity index (χ1n) is 8.93. The van der Waals surface area contributed by atoms with E-state index in [1.54, 1.807) is 0 Å². The SMILES string of the molecule is COc1ccc(S(=O)(=O)N2CCOCC2)cc1C(=O)Nc1ccc(SC(F)F)cc1. The molecule has 0 aromatic heterocycles. The second kappa shape index (κ2) is 9.73. The number of anilines is 1. The molecule has 30 heavy (non-hydrogen) atoms. The van der Waals surface area contributed by atoms with Crippen molar-refractivity contribution >= 4 is 33.4 Å². The highest BCUT2D eigenvalue weighted by Gasteiger charge is 2.28. The minimum atomic E-state index is -3.79. The average Bonchev–Trinajstić information content (AvgIpc) is 2.75. The number of nitrogens with zero attached hydrogens (tertiary/aromatic N) is 1. The van der Waals surface area contributed by atoms with Gasteiger partial charge in [-0.05, 0) is 42.5 Å². The quantitative estimate of drug-likeness (QED) is 0.641. The van der Waals surface area contributed by atoms with Crippen molar-refractivity contribution in [2.75, 3.05) is 38.7 Å². The molecule has 0 aliphatic carbocycles. The van der Waals surface area contributed by atoms with Gasteiger partial charge < -0.3 is 14.8 Å². The lowest BCUT2D eigenvalue weighted by atomic mass is 10.2. The Morgan fingerprint density at radius 2 is 1.83 bits per heavy atom. The third-order valence-corrected chi connectivity index (χ3v) is 6.98. The Labute approximate surface area is 177 Å². The van der Waals surface area contributed by atoms with E-state index in [9.17, 15) is 22.0 Å². The summed E-state index contributed by atoms with van der Waals surface area (Å²) in [4.78, 5) is 13.1. The number of sulfonamides is 1. The fraction of sp³-hybridized carbons (Fsp3) is 0.316. The molecule has 3 rings (SSSR count). The van der Waals surface area contributed by atoms with Gasteiger partial charge in [-0.25, -0.2) is 8.42 Å². The van der Waals surface area contributed by atoms with Gasteiger partial charge in [0.2, 0.25) is 10.0 Å². The monoisotopic (exact) mass is 458 g/mol. The van der Waals surface area contributed by atoms with Crippen LogP contribution in [0.5, 0.6) is 5.75 Å². The summed E-state index contributed by atoms with van der Waals surface area (Å²) in [5, 5.41) is 2.63. The fourth-order valence-electron chi connectivity index (χ4n) is 2.88. The zero-order valence-corrected chi connectivity index (χ0v) is 17.6. The number of halogens is 2. The molecule has 7 nitrogen and oxygen atoms in total. The number of alkyl halides is 2. The zero-order valence-electron chi connectivity index (χ0n) is 16.0. The highest BCUT2D eigenvalue weighted by atomic mass is 32.2. The summed E-state index contributed by atoms with van der Waals surface area (Å²) in [6.07, 6.45) is 0. The Kier molecular flexibility index (Phi) is 7.29. The second-order valence-electron chi connectivity index (χ2n) is 6.24. The summed E-state index contributed by atoms with van der Waals surface area (Å²) >= 11 is 0.400. The number of carbonyl (C=O) groups excluding carboxylic acids is 1. The molecule has 162 valence electrons. The van der Waals surface area contributed by atoms with Crippen molar-refractivity contribution in [1.82, 2.24) is 4.31 Å². The molecule has 1 saturated heterocycles. The van der Waals surface area contributed by atoms with Crippen molar-refractivity contribution in [2.45, 2.75) is 15.5 Å². The molecule has 1 N–H and O–H groups in total. The van der Waals surface area contributed by atoms with Crippen molar-refractivity contribution in [2.24, 2.45) is 0 Å². The van der Waals surface area contributed by atoms with Gasteiger partial charge in [-0.15, -0.1) is 0 Å². The van der Waals surface area contributed by atoms with Crippen LogP contribution >= 0.6 is 11.8 Å². The maximum absolute atomic E-state index is 12.9. The van der Waals surface area contributed by atoms with E-state index in [4.69, 9.17) is 9.47 Å². The third-order valence-electron chi connectivity index (χ3n) is 4.36. The number of hydrogen-bond acceptors (Lipinski definition) is 6. The lowest BCUT2D eigenvalue weighted by molar-refractivity contribution is 0.0730. The summed E-state index contributed by atoms with van der Waals surface area (Å²) in [5.41, 5.74) is 0.417. The molecule has 0 atom stereocenters. The van der Waals surface area contributed by atoms with Gasteiger partial charge in [0.15, 0.2) is 0 Å². The molecular weight excluding hydrogens is 438 g/mol. The van der Waals surface area contributed by atoms with E-state index in [1.807, 2.05) is 0 Å². The standard InChI is InChI=1S/C19H20F2N2O5S2/c1-27-17-7-6-15(30(25,26)23-8-10-28-11-9-23)12-16(17)18(24)22-13-2-4-14(5-3-13)29-19(20)21/h2-7,12,19H,8-11H2,1H3,(H,22,24). The van der Waals surface area contributed by atoms with Crippen LogP contribution in [0, 0.1) is 0 Å². The first kappa shape index (κ1) is 22.5. The molecule has 1 fully saturated rings. The predicted molar refractivity (Wildman–Crippen MR) is 109 cm³/mol. The molecule has 0 spiro atoms. The van der Waals surface area contributed by atoms with Crippen LogP contribution in [0.15, 0.2) is 52.3 Å². The van der Waals surface area contributed by atoms with E-state index in [1.165, 1.54) is 53.9 Å². The zero-order chi connectivity index (χ0) is 21.7. The van der Waals surface area contributed by atoms with Crippen LogP contribution in [0.4, 0.5) is 14.5 Å². The van der Waals surface area contributed by atoms with Crippen LogP contribution in [-0.2, 0) is 14.8 Å². The summed E-state index contributed by atoms with van der Waals surface area (Å²) in [7, 11) is -2.42. The minimum absolute atomic E-state index is 0.0287. The van der Waals surface area contributed by atoms with Gasteiger partial charge in [-0.3, -0.25) is 4.79 Å². The van der Waals surface area contributed by atoms with Gasteiger partial charge in [0.25, 0.3) is 11.7 Å². The number of hydrogen-bond donors (Lipinski definition) is 1. The van der Waals surface area contributed by atoms with Gasteiger partial charge in [0.05, 0.1) is 30.8 Å². The van der Waals surface area contributed by atoms with E-state index in [-0.39, 0.29) is 29.3 Å². The second-order valence-corrected chi connectivity index (χ2v) is 9.24. The van der Waals surface area contributed by atoms with E-state index in [0.29, 0.717) is 35.6 Å². The summed E-state index contributed by atoms with van der Waals surface area (Å²) in [6.45, 7) is 1.09. The highest BCUT2D eigenvalue weighted by Crippen LogP contribution is 2.28. The van der Waals surface area contributed by atoms with Gasteiger partial charge in [0, 0.05) is 23.7 Å². The Morgan fingerprint density at radius 3 is 2.43 bits per heavy atom. The Morgan fingerprint density at radius 1 is 1.17 bits per heavy atom. The summed E-state index contributed by atoms with van der Waals surface area (Å²) < 4.78 is 62.3. The van der Waals surface area contributed by atoms with E-state index in [0.717, 1.165) is 0 Å². The lowest BCUT2D eigenvalue weighted by Crippen LogP contribution is -2.40. The number of ether oxygens (including phenoxy) is 2. The number of benzene rings is 2. The van der Waals surface area contributed by atoms with E-state index in [2.05, 4.69) is 5.32 Å². The lowest BCUT2D eigenvalue weighted by Gasteiger charge is -2.26. The number of thioether (sulfide) groups is 1.